The van der Waals surface area contributed by atoms with Crippen molar-refractivity contribution in [2.24, 2.45) is 0 Å². The van der Waals surface area contributed by atoms with E-state index in [2.05, 4.69) is 20.0 Å². The molecule has 1 amide bonds. The van der Waals surface area contributed by atoms with Gasteiger partial charge in [-0.25, -0.2) is 18.4 Å². The number of aryl methyl sites for hydroxylation is 3. The number of carbonyl (C=O) groups excluding carboxylic acids is 1. The van der Waals surface area contributed by atoms with Crippen LogP contribution in [0.1, 0.15) is 27.0 Å². The van der Waals surface area contributed by atoms with Crippen molar-refractivity contribution < 1.29 is 17.9 Å². The molecule has 4 aromatic rings. The summed E-state index contributed by atoms with van der Waals surface area (Å²) in [5.74, 6) is 0.108. The number of nitrogens with zero attached hydrogens (tertiary/aromatic N) is 2. The summed E-state index contributed by atoms with van der Waals surface area (Å²) in [4.78, 5) is 21.1. The lowest BCUT2D eigenvalue weighted by Crippen LogP contribution is -2.17. The largest absolute Gasteiger partial charge is 0.424 e. The quantitative estimate of drug-likeness (QED) is 0.368. The summed E-state index contributed by atoms with van der Waals surface area (Å²) in [7, 11) is -3.87. The number of sulfonamides is 1. The van der Waals surface area contributed by atoms with Gasteiger partial charge >= 0.3 is 6.01 Å². The fraction of sp³-hybridized carbons (Fsp3) is 0.115. The molecule has 0 aliphatic carbocycles. The molecule has 2 N–H and O–H groups in total. The van der Waals surface area contributed by atoms with Crippen molar-refractivity contribution in [1.29, 1.82) is 0 Å². The minimum absolute atomic E-state index is 0.00263. The third-order valence-electron chi connectivity index (χ3n) is 5.27. The van der Waals surface area contributed by atoms with Gasteiger partial charge in [-0.05, 0) is 80.4 Å². The molecule has 0 bridgehead atoms. The minimum Gasteiger partial charge on any atom is -0.424 e. The molecule has 8 nitrogen and oxygen atoms in total. The van der Waals surface area contributed by atoms with E-state index in [0.29, 0.717) is 22.7 Å². The summed E-state index contributed by atoms with van der Waals surface area (Å²) in [6.07, 6.45) is 3.16. The first-order valence-electron chi connectivity index (χ1n) is 10.8. The maximum Gasteiger partial charge on any atom is 0.321 e. The number of benzene rings is 3. The van der Waals surface area contributed by atoms with Crippen LogP contribution < -0.4 is 14.8 Å². The standard InChI is InChI=1S/C26H24N4O4S/c1-17-5-8-20(9-6-17)30-35(32,33)22-11-7-18(2)23(16-22)25(31)29-24-12-10-21(15-19(24)3)34-26-27-13-4-14-28-26/h4-16,30H,1-3H3,(H,29,31). The van der Waals surface area contributed by atoms with Crippen molar-refractivity contribution in [2.45, 2.75) is 25.7 Å². The van der Waals surface area contributed by atoms with Crippen molar-refractivity contribution in [1.82, 2.24) is 9.97 Å². The van der Waals surface area contributed by atoms with Crippen LogP contribution in [0.3, 0.4) is 0 Å². The fourth-order valence-corrected chi connectivity index (χ4v) is 4.41. The second-order valence-electron chi connectivity index (χ2n) is 8.01. The summed E-state index contributed by atoms with van der Waals surface area (Å²) < 4.78 is 34.0. The molecule has 0 fully saturated rings. The molecule has 0 saturated carbocycles. The summed E-state index contributed by atoms with van der Waals surface area (Å²) >= 11 is 0. The molecule has 4 rings (SSSR count). The lowest BCUT2D eigenvalue weighted by Gasteiger charge is -2.13. The Balaban J connectivity index is 1.52. The van der Waals surface area contributed by atoms with Crippen molar-refractivity contribution in [2.75, 3.05) is 10.0 Å². The highest BCUT2D eigenvalue weighted by Gasteiger charge is 2.19. The number of anilines is 2. The molecular weight excluding hydrogens is 464 g/mol. The Morgan fingerprint density at radius 2 is 1.57 bits per heavy atom. The van der Waals surface area contributed by atoms with E-state index in [1.807, 2.05) is 26.0 Å². The molecule has 1 heterocycles. The van der Waals surface area contributed by atoms with Gasteiger partial charge in [0.25, 0.3) is 15.9 Å². The van der Waals surface area contributed by atoms with Crippen molar-refractivity contribution >= 4 is 27.3 Å². The van der Waals surface area contributed by atoms with Crippen LogP contribution >= 0.6 is 0 Å². The van der Waals surface area contributed by atoms with Crippen LogP contribution in [0.2, 0.25) is 0 Å². The van der Waals surface area contributed by atoms with E-state index in [-0.39, 0.29) is 16.5 Å². The van der Waals surface area contributed by atoms with Gasteiger partial charge in [0.05, 0.1) is 4.90 Å². The summed E-state index contributed by atoms with van der Waals surface area (Å²) in [6.45, 7) is 5.50. The number of ether oxygens (including phenoxy) is 1. The van der Waals surface area contributed by atoms with Crippen LogP contribution in [-0.2, 0) is 10.0 Å². The SMILES string of the molecule is Cc1ccc(NS(=O)(=O)c2ccc(C)c(C(=O)Nc3ccc(Oc4ncccn4)cc3C)c2)cc1. The van der Waals surface area contributed by atoms with Gasteiger partial charge in [0.15, 0.2) is 0 Å². The average molecular weight is 489 g/mol. The third-order valence-corrected chi connectivity index (χ3v) is 6.64. The van der Waals surface area contributed by atoms with E-state index in [4.69, 9.17) is 4.74 Å². The molecule has 0 spiro atoms. The number of nitrogens with one attached hydrogen (secondary N) is 2. The Bertz CT molecular complexity index is 1470. The number of carbonyl (C=O) groups is 1. The van der Waals surface area contributed by atoms with Crippen molar-refractivity contribution in [3.05, 3.63) is 101 Å². The molecule has 178 valence electrons. The Kier molecular flexibility index (Phi) is 6.79. The zero-order valence-electron chi connectivity index (χ0n) is 19.4. The molecule has 0 radical (unpaired) electrons. The molecule has 35 heavy (non-hydrogen) atoms. The Morgan fingerprint density at radius 1 is 0.857 bits per heavy atom. The lowest BCUT2D eigenvalue weighted by atomic mass is 10.1. The maximum atomic E-state index is 13.1. The van der Waals surface area contributed by atoms with Gasteiger partial charge in [-0.1, -0.05) is 23.8 Å². The van der Waals surface area contributed by atoms with Crippen LogP contribution in [0.25, 0.3) is 0 Å². The number of rotatable bonds is 7. The Labute approximate surface area is 204 Å². The van der Waals surface area contributed by atoms with Gasteiger partial charge in [-0.2, -0.15) is 0 Å². The molecule has 3 aromatic carbocycles. The summed E-state index contributed by atoms with van der Waals surface area (Å²) in [6, 6.07) is 18.5. The van der Waals surface area contributed by atoms with Crippen molar-refractivity contribution in [3.8, 4) is 11.8 Å². The van der Waals surface area contributed by atoms with E-state index in [9.17, 15) is 13.2 Å². The monoisotopic (exact) mass is 488 g/mol. The first-order valence-corrected chi connectivity index (χ1v) is 12.3. The normalized spacial score (nSPS) is 11.1. The summed E-state index contributed by atoms with van der Waals surface area (Å²) in [5.41, 5.74) is 3.70. The molecule has 0 aliphatic rings. The van der Waals surface area contributed by atoms with Gasteiger partial charge in [0, 0.05) is 29.3 Å². The van der Waals surface area contributed by atoms with Gasteiger partial charge in [-0.3, -0.25) is 9.52 Å². The zero-order chi connectivity index (χ0) is 25.0. The lowest BCUT2D eigenvalue weighted by molar-refractivity contribution is 0.102. The van der Waals surface area contributed by atoms with Crippen molar-refractivity contribution in [3.63, 3.8) is 0 Å². The topological polar surface area (TPSA) is 110 Å². The van der Waals surface area contributed by atoms with Crippen LogP contribution in [0.4, 0.5) is 11.4 Å². The zero-order valence-corrected chi connectivity index (χ0v) is 20.3. The second-order valence-corrected chi connectivity index (χ2v) is 9.69. The van der Waals surface area contributed by atoms with E-state index < -0.39 is 15.9 Å². The van der Waals surface area contributed by atoms with Gasteiger partial charge in [0.1, 0.15) is 5.75 Å². The van der Waals surface area contributed by atoms with Gasteiger partial charge in [0.2, 0.25) is 0 Å². The summed E-state index contributed by atoms with van der Waals surface area (Å²) in [5, 5.41) is 2.85. The van der Waals surface area contributed by atoms with Crippen LogP contribution in [-0.4, -0.2) is 24.3 Å². The first-order chi connectivity index (χ1) is 16.7. The van der Waals surface area contributed by atoms with Gasteiger partial charge < -0.3 is 10.1 Å². The Morgan fingerprint density at radius 3 is 2.26 bits per heavy atom. The van der Waals surface area contributed by atoms with Gasteiger partial charge in [-0.15, -0.1) is 0 Å². The highest BCUT2D eigenvalue weighted by molar-refractivity contribution is 7.92. The molecule has 1 aromatic heterocycles. The van der Waals surface area contributed by atoms with E-state index in [0.717, 1.165) is 11.1 Å². The smallest absolute Gasteiger partial charge is 0.321 e. The molecular formula is C26H24N4O4S. The molecule has 0 saturated heterocycles. The Hall–Kier alpha value is -4.24. The molecule has 9 heteroatoms. The first kappa shape index (κ1) is 23.9. The van der Waals surface area contributed by atoms with E-state index in [1.54, 1.807) is 61.8 Å². The van der Waals surface area contributed by atoms with E-state index in [1.165, 1.54) is 12.1 Å². The fourth-order valence-electron chi connectivity index (χ4n) is 3.32. The number of hydrogen-bond donors (Lipinski definition) is 2. The number of hydrogen-bond acceptors (Lipinski definition) is 6. The van der Waals surface area contributed by atoms with Crippen LogP contribution in [0.15, 0.2) is 84.0 Å². The molecule has 0 atom stereocenters. The highest BCUT2D eigenvalue weighted by Crippen LogP contribution is 2.26. The predicted octanol–water partition coefficient (Wildman–Crippen LogP) is 5.25. The third kappa shape index (κ3) is 5.82. The minimum atomic E-state index is -3.87. The second kappa shape index (κ2) is 9.94. The predicted molar refractivity (Wildman–Crippen MR) is 134 cm³/mol. The highest BCUT2D eigenvalue weighted by atomic mass is 32.2. The molecule has 0 unspecified atom stereocenters. The van der Waals surface area contributed by atoms with E-state index >= 15 is 0 Å². The number of aromatic nitrogens is 2. The number of amides is 1. The maximum absolute atomic E-state index is 13.1. The van der Waals surface area contributed by atoms with Crippen LogP contribution in [0.5, 0.6) is 11.8 Å². The van der Waals surface area contributed by atoms with Crippen LogP contribution in [0, 0.1) is 20.8 Å². The molecule has 0 aliphatic heterocycles. The average Bonchev–Trinajstić information content (AvgIpc) is 2.83.